The average Bonchev–Trinajstić information content (AvgIpc) is 3.18. The highest BCUT2D eigenvalue weighted by molar-refractivity contribution is 7.92. The van der Waals surface area contributed by atoms with Crippen LogP contribution in [-0.4, -0.2) is 41.9 Å². The molecule has 0 fully saturated rings. The van der Waals surface area contributed by atoms with Crippen molar-refractivity contribution in [3.05, 3.63) is 107 Å². The number of carbonyl (C=O) groups excluding carboxylic acids is 2. The van der Waals surface area contributed by atoms with E-state index in [1.54, 1.807) is 98.4 Å². The summed E-state index contributed by atoms with van der Waals surface area (Å²) in [5, 5.41) is 6.81. The second kappa shape index (κ2) is 12.0. The summed E-state index contributed by atoms with van der Waals surface area (Å²) in [6, 6.07) is 23.3. The van der Waals surface area contributed by atoms with Gasteiger partial charge in [-0.1, -0.05) is 48.5 Å². The van der Waals surface area contributed by atoms with Crippen molar-refractivity contribution in [2.75, 3.05) is 16.2 Å². The molecule has 212 valence electrons. The predicted octanol–water partition coefficient (Wildman–Crippen LogP) is 3.18. The number of hydrogen-bond donors (Lipinski definition) is 2. The first-order valence-electron chi connectivity index (χ1n) is 12.6. The van der Waals surface area contributed by atoms with Gasteiger partial charge in [0.1, 0.15) is 12.2 Å². The Morgan fingerprint density at radius 3 is 2.20 bits per heavy atom. The first-order valence-corrected chi connectivity index (χ1v) is 14.1. The average molecular weight is 575 g/mol. The summed E-state index contributed by atoms with van der Waals surface area (Å²) in [6.45, 7) is 3.97. The summed E-state index contributed by atoms with van der Waals surface area (Å²) in [6.07, 6.45) is 0. The molecular formula is C29H30N6O5S. The maximum atomic E-state index is 13.8. The van der Waals surface area contributed by atoms with Crippen molar-refractivity contribution in [2.24, 2.45) is 12.1 Å². The molecule has 0 spiro atoms. The lowest BCUT2D eigenvalue weighted by Gasteiger charge is -2.22. The smallest absolute Gasteiger partial charge is 0.296 e. The Morgan fingerprint density at radius 1 is 0.927 bits per heavy atom. The van der Waals surface area contributed by atoms with Crippen LogP contribution in [-0.2, 0) is 26.7 Å². The lowest BCUT2D eigenvalue weighted by atomic mass is 10.1. The molecule has 0 aliphatic heterocycles. The van der Waals surface area contributed by atoms with E-state index in [9.17, 15) is 22.8 Å². The van der Waals surface area contributed by atoms with Crippen molar-refractivity contribution >= 4 is 38.9 Å². The van der Waals surface area contributed by atoms with Crippen LogP contribution in [0.15, 0.2) is 99.7 Å². The molecule has 0 unspecified atom stereocenters. The number of hydrogen-bond acceptors (Lipinski definition) is 6. The fourth-order valence-electron chi connectivity index (χ4n) is 4.25. The summed E-state index contributed by atoms with van der Waals surface area (Å²) >= 11 is 0. The van der Waals surface area contributed by atoms with Crippen LogP contribution in [0.1, 0.15) is 25.1 Å². The molecule has 2 N–H and O–H groups in total. The molecule has 41 heavy (non-hydrogen) atoms. The van der Waals surface area contributed by atoms with E-state index in [1.807, 2.05) is 0 Å². The Labute approximate surface area is 237 Å². The predicted molar refractivity (Wildman–Crippen MR) is 158 cm³/mol. The number of carbonyl (C=O) groups is 2. The molecule has 4 aromatic rings. The van der Waals surface area contributed by atoms with Gasteiger partial charge in [-0.3, -0.25) is 19.1 Å². The van der Waals surface area contributed by atoms with E-state index < -0.39 is 28.0 Å². The van der Waals surface area contributed by atoms with Gasteiger partial charge in [0, 0.05) is 19.7 Å². The largest absolute Gasteiger partial charge is 0.326 e. The molecule has 1 heterocycles. The number of anilines is 2. The minimum Gasteiger partial charge on any atom is -0.326 e. The van der Waals surface area contributed by atoms with Gasteiger partial charge in [-0.15, -0.1) is 0 Å². The fourth-order valence-corrected chi connectivity index (χ4v) is 5.74. The Hall–Kier alpha value is -4.97. The Bertz CT molecular complexity index is 1780. The van der Waals surface area contributed by atoms with Crippen molar-refractivity contribution in [2.45, 2.75) is 25.7 Å². The molecule has 0 aliphatic carbocycles. The molecule has 1 aromatic heterocycles. The molecule has 0 saturated carbocycles. The molecule has 4 rings (SSSR count). The van der Waals surface area contributed by atoms with Gasteiger partial charge in [0.05, 0.1) is 22.0 Å². The molecular weight excluding hydrogens is 544 g/mol. The second-order valence-electron chi connectivity index (χ2n) is 9.23. The fraction of sp³-hybridized carbons (Fsp3) is 0.172. The van der Waals surface area contributed by atoms with E-state index in [4.69, 9.17) is 0 Å². The van der Waals surface area contributed by atoms with Gasteiger partial charge in [0.15, 0.2) is 0 Å². The lowest BCUT2D eigenvalue weighted by Crippen LogP contribution is -2.42. The van der Waals surface area contributed by atoms with Crippen LogP contribution in [0, 0.1) is 6.92 Å². The Kier molecular flexibility index (Phi) is 8.53. The second-order valence-corrected chi connectivity index (χ2v) is 11.1. The number of rotatable bonds is 9. The number of nitrogens with zero attached hydrogens (tertiary/aromatic N) is 4. The quantitative estimate of drug-likeness (QED) is 0.234. The van der Waals surface area contributed by atoms with Crippen LogP contribution in [0.3, 0.4) is 0 Å². The highest BCUT2D eigenvalue weighted by Crippen LogP contribution is 2.25. The SMILES string of the molecule is CC(=O)Nc1cccc(/C(C)=N\NC(=O)CN(c2c(C)n(C)n(-c3ccccc3)c2=O)S(=O)(=O)c2ccccc2)c1. The number of benzene rings is 3. The minimum atomic E-state index is -4.33. The zero-order valence-corrected chi connectivity index (χ0v) is 23.8. The standard InChI is InChI=1S/C29H30N6O5S/c1-20(23-12-11-13-24(18-23)30-22(3)36)31-32-27(37)19-34(41(39,40)26-16-9-6-10-17-26)28-21(2)33(4)35(29(28)38)25-14-7-5-8-15-25/h5-18H,19H2,1-4H3,(H,30,36)(H,32,37)/b31-20-. The third kappa shape index (κ3) is 6.28. The first kappa shape index (κ1) is 29.0. The van der Waals surface area contributed by atoms with Crippen LogP contribution in [0.2, 0.25) is 0 Å². The van der Waals surface area contributed by atoms with Gasteiger partial charge in [-0.2, -0.15) is 5.10 Å². The van der Waals surface area contributed by atoms with Gasteiger partial charge in [0.25, 0.3) is 21.5 Å². The van der Waals surface area contributed by atoms with Crippen LogP contribution < -0.4 is 20.6 Å². The maximum Gasteiger partial charge on any atom is 0.296 e. The van der Waals surface area contributed by atoms with E-state index >= 15 is 0 Å². The summed E-state index contributed by atoms with van der Waals surface area (Å²) in [4.78, 5) is 38.2. The minimum absolute atomic E-state index is 0.0730. The lowest BCUT2D eigenvalue weighted by molar-refractivity contribution is -0.119. The first-order chi connectivity index (χ1) is 19.5. The van der Waals surface area contributed by atoms with Gasteiger partial charge in [0.2, 0.25) is 5.91 Å². The van der Waals surface area contributed by atoms with E-state index in [0.29, 0.717) is 28.3 Å². The number of para-hydroxylation sites is 1. The maximum absolute atomic E-state index is 13.8. The van der Waals surface area contributed by atoms with Crippen LogP contribution in [0.5, 0.6) is 0 Å². The summed E-state index contributed by atoms with van der Waals surface area (Å²) < 4.78 is 31.4. The van der Waals surface area contributed by atoms with Gasteiger partial charge < -0.3 is 5.32 Å². The zero-order chi connectivity index (χ0) is 29.7. The molecule has 3 aromatic carbocycles. The molecule has 0 radical (unpaired) electrons. The topological polar surface area (TPSA) is 135 Å². The normalized spacial score (nSPS) is 11.7. The van der Waals surface area contributed by atoms with E-state index in [1.165, 1.54) is 23.7 Å². The van der Waals surface area contributed by atoms with E-state index in [2.05, 4.69) is 15.8 Å². The molecule has 2 amide bonds. The Balaban J connectivity index is 1.71. The van der Waals surface area contributed by atoms with Crippen molar-refractivity contribution < 1.29 is 18.0 Å². The number of amides is 2. The summed E-state index contributed by atoms with van der Waals surface area (Å²) in [7, 11) is -2.69. The zero-order valence-electron chi connectivity index (χ0n) is 23.0. The number of hydrazone groups is 1. The van der Waals surface area contributed by atoms with E-state index in [-0.39, 0.29) is 16.5 Å². The number of nitrogens with one attached hydrogen (secondary N) is 2. The molecule has 12 heteroatoms. The number of sulfonamides is 1. The summed E-state index contributed by atoms with van der Waals surface area (Å²) in [5.74, 6) is -0.983. The van der Waals surface area contributed by atoms with Gasteiger partial charge >= 0.3 is 0 Å². The van der Waals surface area contributed by atoms with Crippen molar-refractivity contribution in [1.29, 1.82) is 0 Å². The van der Waals surface area contributed by atoms with Crippen molar-refractivity contribution in [3.8, 4) is 5.69 Å². The van der Waals surface area contributed by atoms with Crippen molar-refractivity contribution in [1.82, 2.24) is 14.8 Å². The van der Waals surface area contributed by atoms with Gasteiger partial charge in [-0.25, -0.2) is 22.8 Å². The third-order valence-corrected chi connectivity index (χ3v) is 8.10. The van der Waals surface area contributed by atoms with E-state index in [0.717, 1.165) is 4.31 Å². The van der Waals surface area contributed by atoms with Crippen LogP contribution >= 0.6 is 0 Å². The Morgan fingerprint density at radius 2 is 1.56 bits per heavy atom. The molecule has 0 bridgehead atoms. The molecule has 0 atom stereocenters. The monoisotopic (exact) mass is 574 g/mol. The third-order valence-electron chi connectivity index (χ3n) is 6.34. The highest BCUT2D eigenvalue weighted by atomic mass is 32.2. The highest BCUT2D eigenvalue weighted by Gasteiger charge is 2.33. The van der Waals surface area contributed by atoms with Gasteiger partial charge in [-0.05, 0) is 55.8 Å². The van der Waals surface area contributed by atoms with Crippen LogP contribution in [0.4, 0.5) is 11.4 Å². The molecule has 11 nitrogen and oxygen atoms in total. The number of aromatic nitrogens is 2. The van der Waals surface area contributed by atoms with Crippen LogP contribution in [0.25, 0.3) is 5.69 Å². The summed E-state index contributed by atoms with van der Waals surface area (Å²) in [5.41, 5.74) is 4.15. The van der Waals surface area contributed by atoms with Crippen molar-refractivity contribution in [3.63, 3.8) is 0 Å². The molecule has 0 saturated heterocycles. The molecule has 0 aliphatic rings.